The maximum atomic E-state index is 11.5. The van der Waals surface area contributed by atoms with Gasteiger partial charge < -0.3 is 9.15 Å². The number of ether oxygens (including phenoxy) is 1. The van der Waals surface area contributed by atoms with Crippen molar-refractivity contribution in [2.24, 2.45) is 0 Å². The second kappa shape index (κ2) is 8.04. The second-order valence-electron chi connectivity index (χ2n) is 8.32. The number of nitro groups is 1. The summed E-state index contributed by atoms with van der Waals surface area (Å²) in [6.45, 7) is 6.50. The highest BCUT2D eigenvalue weighted by molar-refractivity contribution is 6.32. The fraction of sp³-hybridized carbons (Fsp3) is 0.208. The quantitative estimate of drug-likeness (QED) is 0.250. The van der Waals surface area contributed by atoms with Crippen LogP contribution in [0.1, 0.15) is 31.9 Å². The summed E-state index contributed by atoms with van der Waals surface area (Å²) in [7, 11) is 0. The van der Waals surface area contributed by atoms with Crippen molar-refractivity contribution in [3.05, 3.63) is 86.9 Å². The third kappa shape index (κ3) is 4.54. The molecule has 0 atom stereocenters. The number of non-ortho nitro benzene ring substituents is 1. The predicted molar refractivity (Wildman–Crippen MR) is 121 cm³/mol. The molecule has 0 saturated heterocycles. The van der Waals surface area contributed by atoms with Crippen LogP contribution in [0.5, 0.6) is 5.75 Å². The van der Waals surface area contributed by atoms with Crippen LogP contribution in [0.25, 0.3) is 22.6 Å². The zero-order chi connectivity index (χ0) is 22.2. The number of oxazole rings is 1. The van der Waals surface area contributed by atoms with E-state index in [0.29, 0.717) is 38.9 Å². The Morgan fingerprint density at radius 3 is 2.58 bits per heavy atom. The topological polar surface area (TPSA) is 78.4 Å². The Hall–Kier alpha value is -3.38. The molecule has 158 valence electrons. The van der Waals surface area contributed by atoms with E-state index >= 15 is 0 Å². The van der Waals surface area contributed by atoms with E-state index in [-0.39, 0.29) is 17.7 Å². The summed E-state index contributed by atoms with van der Waals surface area (Å²) in [5.41, 5.74) is 3.51. The van der Waals surface area contributed by atoms with Gasteiger partial charge in [0.05, 0.1) is 9.95 Å². The molecule has 0 N–H and O–H groups in total. The van der Waals surface area contributed by atoms with E-state index in [1.54, 1.807) is 24.3 Å². The summed E-state index contributed by atoms with van der Waals surface area (Å²) in [4.78, 5) is 15.6. The van der Waals surface area contributed by atoms with E-state index in [0.717, 1.165) is 5.56 Å². The van der Waals surface area contributed by atoms with Gasteiger partial charge in [-0.3, -0.25) is 10.1 Å². The zero-order valence-electron chi connectivity index (χ0n) is 17.4. The van der Waals surface area contributed by atoms with E-state index in [2.05, 4.69) is 25.8 Å². The van der Waals surface area contributed by atoms with E-state index in [9.17, 15) is 10.1 Å². The number of nitro benzene ring substituents is 1. The third-order valence-electron chi connectivity index (χ3n) is 4.92. The first kappa shape index (κ1) is 20.9. The number of benzene rings is 3. The van der Waals surface area contributed by atoms with Gasteiger partial charge in [-0.1, -0.05) is 50.6 Å². The maximum absolute atomic E-state index is 11.5. The molecule has 0 amide bonds. The fourth-order valence-electron chi connectivity index (χ4n) is 3.23. The lowest BCUT2D eigenvalue weighted by molar-refractivity contribution is -0.384. The Labute approximate surface area is 184 Å². The van der Waals surface area contributed by atoms with Gasteiger partial charge >= 0.3 is 0 Å². The van der Waals surface area contributed by atoms with Gasteiger partial charge in [-0.05, 0) is 46.9 Å². The highest BCUT2D eigenvalue weighted by atomic mass is 35.5. The average molecular weight is 437 g/mol. The van der Waals surface area contributed by atoms with Crippen LogP contribution < -0.4 is 4.74 Å². The van der Waals surface area contributed by atoms with E-state index in [4.69, 9.17) is 20.8 Å². The van der Waals surface area contributed by atoms with Crippen molar-refractivity contribution in [2.75, 3.05) is 0 Å². The van der Waals surface area contributed by atoms with Crippen LogP contribution >= 0.6 is 11.6 Å². The normalized spacial score (nSPS) is 11.6. The Morgan fingerprint density at radius 1 is 1.10 bits per heavy atom. The van der Waals surface area contributed by atoms with Gasteiger partial charge in [0.2, 0.25) is 5.89 Å². The molecule has 0 unspecified atom stereocenters. The van der Waals surface area contributed by atoms with Crippen molar-refractivity contribution in [3.8, 4) is 17.2 Å². The van der Waals surface area contributed by atoms with Gasteiger partial charge in [-0.15, -0.1) is 0 Å². The van der Waals surface area contributed by atoms with Gasteiger partial charge in [-0.2, -0.15) is 0 Å². The summed E-state index contributed by atoms with van der Waals surface area (Å²) >= 11 is 6.13. The van der Waals surface area contributed by atoms with E-state index in [1.165, 1.54) is 12.1 Å². The molecule has 0 radical (unpaired) electrons. The molecular formula is C24H21ClN2O4. The van der Waals surface area contributed by atoms with Crippen LogP contribution in [-0.2, 0) is 12.0 Å². The standard InChI is InChI=1S/C24H21ClN2O4/c1-24(2,3)17-8-9-22-20(13-17)26-23(31-22)16-10-15(11-18(12-16)27(28)29)14-30-21-7-5-4-6-19(21)25/h4-13H,14H2,1-3H3. The lowest BCUT2D eigenvalue weighted by Crippen LogP contribution is -2.10. The van der Waals surface area contributed by atoms with Crippen LogP contribution in [0.4, 0.5) is 5.69 Å². The molecule has 0 saturated carbocycles. The number of halogens is 1. The van der Waals surface area contributed by atoms with Crippen LogP contribution in [0.15, 0.2) is 65.1 Å². The molecule has 0 bridgehead atoms. The SMILES string of the molecule is CC(C)(C)c1ccc2oc(-c3cc(COc4ccccc4Cl)cc([N+](=O)[O-])c3)nc2c1. The average Bonchev–Trinajstić information content (AvgIpc) is 3.16. The monoisotopic (exact) mass is 436 g/mol. The summed E-state index contributed by atoms with van der Waals surface area (Å²) in [6, 6.07) is 17.7. The van der Waals surface area contributed by atoms with Crippen molar-refractivity contribution in [1.29, 1.82) is 0 Å². The highest BCUT2D eigenvalue weighted by Gasteiger charge is 2.18. The highest BCUT2D eigenvalue weighted by Crippen LogP contribution is 2.32. The molecule has 7 heteroatoms. The maximum Gasteiger partial charge on any atom is 0.270 e. The van der Waals surface area contributed by atoms with Gasteiger partial charge in [0, 0.05) is 17.7 Å². The number of para-hydroxylation sites is 1. The summed E-state index contributed by atoms with van der Waals surface area (Å²) in [5, 5.41) is 12.0. The van der Waals surface area contributed by atoms with Gasteiger partial charge in [0.15, 0.2) is 5.58 Å². The molecule has 0 aliphatic rings. The summed E-state index contributed by atoms with van der Waals surface area (Å²) in [6.07, 6.45) is 0. The Balaban J connectivity index is 1.70. The van der Waals surface area contributed by atoms with Crippen molar-refractivity contribution >= 4 is 28.4 Å². The minimum Gasteiger partial charge on any atom is -0.487 e. The Kier molecular flexibility index (Phi) is 5.41. The minimum atomic E-state index is -0.442. The van der Waals surface area contributed by atoms with Gasteiger partial charge in [-0.25, -0.2) is 4.98 Å². The molecule has 1 heterocycles. The van der Waals surface area contributed by atoms with E-state index in [1.807, 2.05) is 24.3 Å². The van der Waals surface area contributed by atoms with Crippen molar-refractivity contribution in [3.63, 3.8) is 0 Å². The number of fused-ring (bicyclic) bond motifs is 1. The van der Waals surface area contributed by atoms with Gasteiger partial charge in [0.1, 0.15) is 17.9 Å². The number of aromatic nitrogens is 1. The summed E-state index contributed by atoms with van der Waals surface area (Å²) < 4.78 is 11.7. The third-order valence-corrected chi connectivity index (χ3v) is 5.23. The first-order valence-corrected chi connectivity index (χ1v) is 10.2. The van der Waals surface area contributed by atoms with Crippen molar-refractivity contribution < 1.29 is 14.1 Å². The van der Waals surface area contributed by atoms with Crippen LogP contribution in [0, 0.1) is 10.1 Å². The molecule has 0 spiro atoms. The first-order chi connectivity index (χ1) is 14.7. The molecular weight excluding hydrogens is 416 g/mol. The smallest absolute Gasteiger partial charge is 0.270 e. The Bertz CT molecular complexity index is 1270. The first-order valence-electron chi connectivity index (χ1n) is 9.78. The molecule has 1 aromatic heterocycles. The number of hydrogen-bond donors (Lipinski definition) is 0. The molecule has 0 aliphatic carbocycles. The Morgan fingerprint density at radius 2 is 1.87 bits per heavy atom. The summed E-state index contributed by atoms with van der Waals surface area (Å²) in [5.74, 6) is 0.831. The predicted octanol–water partition coefficient (Wildman–Crippen LogP) is 6.93. The van der Waals surface area contributed by atoms with Crippen LogP contribution in [0.2, 0.25) is 5.02 Å². The molecule has 6 nitrogen and oxygen atoms in total. The molecule has 31 heavy (non-hydrogen) atoms. The molecule has 0 aliphatic heterocycles. The molecule has 4 aromatic rings. The largest absolute Gasteiger partial charge is 0.487 e. The zero-order valence-corrected chi connectivity index (χ0v) is 18.1. The lowest BCUT2D eigenvalue weighted by atomic mass is 9.87. The van der Waals surface area contributed by atoms with Gasteiger partial charge in [0.25, 0.3) is 5.69 Å². The van der Waals surface area contributed by atoms with Crippen LogP contribution in [0.3, 0.4) is 0 Å². The number of hydrogen-bond acceptors (Lipinski definition) is 5. The number of rotatable bonds is 5. The van der Waals surface area contributed by atoms with E-state index < -0.39 is 4.92 Å². The minimum absolute atomic E-state index is 0.0257. The van der Waals surface area contributed by atoms with Crippen molar-refractivity contribution in [1.82, 2.24) is 4.98 Å². The van der Waals surface area contributed by atoms with Crippen molar-refractivity contribution in [2.45, 2.75) is 32.8 Å². The molecule has 0 fully saturated rings. The van der Waals surface area contributed by atoms with Crippen LogP contribution in [-0.4, -0.2) is 9.91 Å². The lowest BCUT2D eigenvalue weighted by Gasteiger charge is -2.18. The fourth-order valence-corrected chi connectivity index (χ4v) is 3.42. The number of nitrogens with zero attached hydrogens (tertiary/aromatic N) is 2. The molecule has 3 aromatic carbocycles. The molecule has 4 rings (SSSR count). The second-order valence-corrected chi connectivity index (χ2v) is 8.72.